The molecule has 0 amide bonds. The summed E-state index contributed by atoms with van der Waals surface area (Å²) >= 11 is 0. The zero-order chi connectivity index (χ0) is 17.1. The number of fused-ring (bicyclic) bond motifs is 1. The van der Waals surface area contributed by atoms with Crippen molar-refractivity contribution >= 4 is 19.0 Å². The van der Waals surface area contributed by atoms with Crippen molar-refractivity contribution in [3.8, 4) is 5.88 Å². The first kappa shape index (κ1) is 17.7. The van der Waals surface area contributed by atoms with Crippen LogP contribution in [0.2, 0.25) is 25.7 Å². The smallest absolute Gasteiger partial charge is 0.422 e. The molecule has 0 spiro atoms. The van der Waals surface area contributed by atoms with E-state index in [0.29, 0.717) is 12.1 Å². The lowest BCUT2D eigenvalue weighted by Crippen LogP contribution is -2.22. The highest BCUT2D eigenvalue weighted by Crippen LogP contribution is 2.21. The van der Waals surface area contributed by atoms with Crippen LogP contribution in [0.3, 0.4) is 0 Å². The molecule has 23 heavy (non-hydrogen) atoms. The van der Waals surface area contributed by atoms with Crippen LogP contribution >= 0.6 is 0 Å². The summed E-state index contributed by atoms with van der Waals surface area (Å²) in [7, 11) is -1.16. The van der Waals surface area contributed by atoms with Gasteiger partial charge in [0.15, 0.2) is 6.61 Å². The molecule has 128 valence electrons. The second-order valence-electron chi connectivity index (χ2n) is 6.48. The van der Waals surface area contributed by atoms with Crippen LogP contribution in [-0.2, 0) is 11.5 Å². The predicted octanol–water partition coefficient (Wildman–Crippen LogP) is 3.68. The van der Waals surface area contributed by atoms with Crippen molar-refractivity contribution in [1.82, 2.24) is 14.8 Å². The highest BCUT2D eigenvalue weighted by Gasteiger charge is 2.28. The lowest BCUT2D eigenvalue weighted by atomic mass is 10.3. The predicted molar refractivity (Wildman–Crippen MR) is 83.2 cm³/mol. The Morgan fingerprint density at radius 1 is 1.22 bits per heavy atom. The molecule has 0 saturated carbocycles. The monoisotopic (exact) mass is 347 g/mol. The molecule has 2 aromatic rings. The molecule has 2 aromatic heterocycles. The van der Waals surface area contributed by atoms with Crippen LogP contribution in [-0.4, -0.2) is 42.2 Å². The van der Waals surface area contributed by atoms with Gasteiger partial charge in [-0.3, -0.25) is 0 Å². The molecule has 0 aliphatic heterocycles. The quantitative estimate of drug-likeness (QED) is 0.566. The molecule has 0 saturated heterocycles. The maximum atomic E-state index is 12.2. The van der Waals surface area contributed by atoms with Crippen molar-refractivity contribution in [3.63, 3.8) is 0 Å². The summed E-state index contributed by atoms with van der Waals surface area (Å²) < 4.78 is 48.4. The Balaban J connectivity index is 2.00. The fourth-order valence-corrected chi connectivity index (χ4v) is 2.58. The van der Waals surface area contributed by atoms with Crippen LogP contribution in [0.1, 0.15) is 0 Å². The minimum absolute atomic E-state index is 0.0846. The van der Waals surface area contributed by atoms with Crippen LogP contribution in [0.15, 0.2) is 18.5 Å². The van der Waals surface area contributed by atoms with E-state index in [-0.39, 0.29) is 12.6 Å². The fraction of sp³-hybridized carbons (Fsp3) is 0.571. The van der Waals surface area contributed by atoms with Gasteiger partial charge in [0.05, 0.1) is 11.7 Å². The first-order valence-electron chi connectivity index (χ1n) is 7.23. The van der Waals surface area contributed by atoms with E-state index in [9.17, 15) is 13.2 Å². The van der Waals surface area contributed by atoms with Crippen LogP contribution in [0.5, 0.6) is 5.88 Å². The lowest BCUT2D eigenvalue weighted by Gasteiger charge is -2.15. The molecule has 5 nitrogen and oxygen atoms in total. The Bertz CT molecular complexity index is 653. The molecular formula is C14H20F3N3O2Si. The number of pyridine rings is 1. The first-order valence-corrected chi connectivity index (χ1v) is 10.9. The van der Waals surface area contributed by atoms with Crippen molar-refractivity contribution in [2.45, 2.75) is 38.6 Å². The van der Waals surface area contributed by atoms with Gasteiger partial charge in [-0.2, -0.15) is 18.3 Å². The maximum Gasteiger partial charge on any atom is 0.422 e. The Kier molecular flexibility index (Phi) is 5.30. The third kappa shape index (κ3) is 5.83. The number of alkyl halides is 3. The van der Waals surface area contributed by atoms with Gasteiger partial charge in [-0.05, 0) is 6.04 Å². The number of halogens is 3. The molecule has 0 aliphatic carbocycles. The van der Waals surface area contributed by atoms with E-state index in [1.807, 2.05) is 0 Å². The Morgan fingerprint density at radius 3 is 2.61 bits per heavy atom. The van der Waals surface area contributed by atoms with E-state index in [1.165, 1.54) is 12.3 Å². The minimum Gasteiger partial charge on any atom is -0.468 e. The second kappa shape index (κ2) is 6.87. The molecule has 0 atom stereocenters. The van der Waals surface area contributed by atoms with Crippen molar-refractivity contribution in [2.75, 3.05) is 13.2 Å². The molecule has 2 heterocycles. The van der Waals surface area contributed by atoms with E-state index >= 15 is 0 Å². The van der Waals surface area contributed by atoms with Crippen molar-refractivity contribution in [2.24, 2.45) is 0 Å². The van der Waals surface area contributed by atoms with Crippen LogP contribution in [0.25, 0.3) is 10.9 Å². The molecule has 0 aliphatic rings. The summed E-state index contributed by atoms with van der Waals surface area (Å²) in [5.41, 5.74) is 0.630. The number of hydrogen-bond donors (Lipinski definition) is 0. The third-order valence-electron chi connectivity index (χ3n) is 3.09. The number of rotatable bonds is 7. The SMILES string of the molecule is C[Si](C)(C)CCOCn1ncc2cnc(OCC(F)(F)F)cc21. The Morgan fingerprint density at radius 2 is 1.96 bits per heavy atom. The van der Waals surface area contributed by atoms with Crippen molar-refractivity contribution < 1.29 is 22.6 Å². The van der Waals surface area contributed by atoms with Crippen LogP contribution < -0.4 is 4.74 Å². The van der Waals surface area contributed by atoms with Crippen molar-refractivity contribution in [1.29, 1.82) is 0 Å². The molecule has 0 unspecified atom stereocenters. The Labute approximate surface area is 133 Å². The molecule has 0 radical (unpaired) electrons. The summed E-state index contributed by atoms with van der Waals surface area (Å²) in [6.45, 7) is 6.30. The van der Waals surface area contributed by atoms with E-state index in [1.54, 1.807) is 10.9 Å². The summed E-state index contributed by atoms with van der Waals surface area (Å²) in [6.07, 6.45) is -1.36. The highest BCUT2D eigenvalue weighted by molar-refractivity contribution is 6.76. The average molecular weight is 347 g/mol. The largest absolute Gasteiger partial charge is 0.468 e. The average Bonchev–Trinajstić information content (AvgIpc) is 2.82. The second-order valence-corrected chi connectivity index (χ2v) is 12.1. The van der Waals surface area contributed by atoms with Gasteiger partial charge in [0.25, 0.3) is 0 Å². The van der Waals surface area contributed by atoms with Gasteiger partial charge in [-0.25, -0.2) is 9.67 Å². The molecule has 0 N–H and O–H groups in total. The molecule has 0 aromatic carbocycles. The number of ether oxygens (including phenoxy) is 2. The molecule has 0 fully saturated rings. The minimum atomic E-state index is -4.39. The highest BCUT2D eigenvalue weighted by atomic mass is 28.3. The van der Waals surface area contributed by atoms with Gasteiger partial charge in [0.2, 0.25) is 5.88 Å². The lowest BCUT2D eigenvalue weighted by molar-refractivity contribution is -0.154. The van der Waals surface area contributed by atoms with Gasteiger partial charge in [0.1, 0.15) is 6.73 Å². The van der Waals surface area contributed by atoms with Gasteiger partial charge < -0.3 is 9.47 Å². The topological polar surface area (TPSA) is 49.2 Å². The summed E-state index contributed by atoms with van der Waals surface area (Å²) in [4.78, 5) is 3.84. The van der Waals surface area contributed by atoms with E-state index in [4.69, 9.17) is 4.74 Å². The van der Waals surface area contributed by atoms with Crippen LogP contribution in [0.4, 0.5) is 13.2 Å². The maximum absolute atomic E-state index is 12.2. The number of hydrogen-bond acceptors (Lipinski definition) is 4. The molecular weight excluding hydrogens is 327 g/mol. The molecule has 2 rings (SSSR count). The van der Waals surface area contributed by atoms with E-state index in [0.717, 1.165) is 11.4 Å². The summed E-state index contributed by atoms with van der Waals surface area (Å²) in [5.74, 6) is -0.0846. The normalized spacial score (nSPS) is 12.8. The third-order valence-corrected chi connectivity index (χ3v) is 4.80. The number of aromatic nitrogens is 3. The first-order chi connectivity index (χ1) is 10.6. The fourth-order valence-electron chi connectivity index (χ4n) is 1.82. The standard InChI is InChI=1S/C14H20F3N3O2Si/c1-23(2,3)5-4-21-10-20-12-6-13(22-9-14(15,16)17)18-7-11(12)8-19-20/h6-8H,4-5,9-10H2,1-3H3. The molecule has 9 heteroatoms. The molecule has 0 bridgehead atoms. The van der Waals surface area contributed by atoms with Gasteiger partial charge in [-0.15, -0.1) is 0 Å². The van der Waals surface area contributed by atoms with Gasteiger partial charge in [0, 0.05) is 32.3 Å². The zero-order valence-corrected chi connectivity index (χ0v) is 14.4. The number of nitrogens with zero attached hydrogens (tertiary/aromatic N) is 3. The Hall–Kier alpha value is -1.61. The van der Waals surface area contributed by atoms with Crippen molar-refractivity contribution in [3.05, 3.63) is 18.5 Å². The van der Waals surface area contributed by atoms with E-state index < -0.39 is 20.9 Å². The summed E-state index contributed by atoms with van der Waals surface area (Å²) in [5, 5.41) is 4.89. The van der Waals surface area contributed by atoms with Crippen LogP contribution in [0, 0.1) is 0 Å². The zero-order valence-electron chi connectivity index (χ0n) is 13.4. The van der Waals surface area contributed by atoms with E-state index in [2.05, 4.69) is 34.5 Å². The van der Waals surface area contributed by atoms with Gasteiger partial charge in [-0.1, -0.05) is 19.6 Å². The van der Waals surface area contributed by atoms with Gasteiger partial charge >= 0.3 is 6.18 Å². The summed E-state index contributed by atoms with van der Waals surface area (Å²) in [6, 6.07) is 2.48.